The Hall–Kier alpha value is -2.27. The molecule has 1 aliphatic rings. The van der Waals surface area contributed by atoms with Crippen molar-refractivity contribution in [3.63, 3.8) is 0 Å². The van der Waals surface area contributed by atoms with Crippen LogP contribution in [-0.4, -0.2) is 47.1 Å². The first-order valence-corrected chi connectivity index (χ1v) is 8.46. The minimum Gasteiger partial charge on any atom is -0.378 e. The molecule has 1 fully saturated rings. The fourth-order valence-corrected chi connectivity index (χ4v) is 2.78. The first kappa shape index (κ1) is 16.6. The second-order valence-corrected chi connectivity index (χ2v) is 6.18. The van der Waals surface area contributed by atoms with Gasteiger partial charge in [0.05, 0.1) is 18.8 Å². The van der Waals surface area contributed by atoms with E-state index in [-0.39, 0.29) is 5.91 Å². The lowest BCUT2D eigenvalue weighted by molar-refractivity contribution is 0.0302. The zero-order valence-electron chi connectivity index (χ0n) is 14.2. The summed E-state index contributed by atoms with van der Waals surface area (Å²) in [5.41, 5.74) is 3.74. The van der Waals surface area contributed by atoms with Gasteiger partial charge < -0.3 is 9.64 Å². The van der Waals surface area contributed by atoms with Crippen molar-refractivity contribution in [2.24, 2.45) is 0 Å². The standard InChI is InChI=1S/C19H23N3O2/c1-3-14(2)15-8-16(11-20-10-15)17-9-18(13-21-12-17)19(23)22-4-6-24-7-5-22/h8-14H,3-7H2,1-2H3. The quantitative estimate of drug-likeness (QED) is 0.866. The molecule has 3 rings (SSSR count). The number of carbonyl (C=O) groups excluding carboxylic acids is 1. The van der Waals surface area contributed by atoms with Gasteiger partial charge in [-0.05, 0) is 30.0 Å². The molecule has 1 atom stereocenters. The molecule has 126 valence electrons. The molecule has 0 aliphatic carbocycles. The Bertz CT molecular complexity index is 711. The van der Waals surface area contributed by atoms with Crippen molar-refractivity contribution < 1.29 is 9.53 Å². The molecule has 0 N–H and O–H groups in total. The maximum absolute atomic E-state index is 12.6. The molecule has 0 radical (unpaired) electrons. The lowest BCUT2D eigenvalue weighted by Gasteiger charge is -2.26. The molecule has 5 nitrogen and oxygen atoms in total. The lowest BCUT2D eigenvalue weighted by atomic mass is 9.97. The monoisotopic (exact) mass is 325 g/mol. The van der Waals surface area contributed by atoms with Crippen LogP contribution >= 0.6 is 0 Å². The van der Waals surface area contributed by atoms with E-state index in [1.54, 1.807) is 12.4 Å². The summed E-state index contributed by atoms with van der Waals surface area (Å²) in [4.78, 5) is 23.1. The van der Waals surface area contributed by atoms with Crippen LogP contribution in [0.2, 0.25) is 0 Å². The lowest BCUT2D eigenvalue weighted by Crippen LogP contribution is -2.40. The molecule has 0 saturated carbocycles. The maximum atomic E-state index is 12.6. The molecule has 3 heterocycles. The van der Waals surface area contributed by atoms with Gasteiger partial charge in [-0.25, -0.2) is 0 Å². The van der Waals surface area contributed by atoms with Crippen molar-refractivity contribution in [2.45, 2.75) is 26.2 Å². The van der Waals surface area contributed by atoms with Gasteiger partial charge in [0.2, 0.25) is 0 Å². The Kier molecular flexibility index (Phi) is 5.20. The number of aromatic nitrogens is 2. The Morgan fingerprint density at radius 3 is 2.50 bits per heavy atom. The Labute approximate surface area is 142 Å². The molecule has 0 spiro atoms. The van der Waals surface area contributed by atoms with E-state index in [1.165, 1.54) is 5.56 Å². The fraction of sp³-hybridized carbons (Fsp3) is 0.421. The minimum atomic E-state index is 0.0127. The van der Waals surface area contributed by atoms with E-state index in [1.807, 2.05) is 23.4 Å². The Morgan fingerprint density at radius 1 is 1.12 bits per heavy atom. The van der Waals surface area contributed by atoms with Crippen molar-refractivity contribution in [3.8, 4) is 11.1 Å². The molecule has 0 aromatic carbocycles. The fourth-order valence-electron chi connectivity index (χ4n) is 2.78. The van der Waals surface area contributed by atoms with E-state index in [4.69, 9.17) is 4.74 Å². The van der Waals surface area contributed by atoms with Crippen LogP contribution < -0.4 is 0 Å². The van der Waals surface area contributed by atoms with Gasteiger partial charge in [0.15, 0.2) is 0 Å². The van der Waals surface area contributed by atoms with E-state index >= 15 is 0 Å². The van der Waals surface area contributed by atoms with Crippen LogP contribution in [0, 0.1) is 0 Å². The second kappa shape index (κ2) is 7.53. The normalized spacial score (nSPS) is 16.0. The predicted molar refractivity (Wildman–Crippen MR) is 92.9 cm³/mol. The molecule has 24 heavy (non-hydrogen) atoms. The van der Waals surface area contributed by atoms with E-state index in [0.717, 1.165) is 17.5 Å². The smallest absolute Gasteiger partial charge is 0.255 e. The van der Waals surface area contributed by atoms with E-state index in [2.05, 4.69) is 29.9 Å². The summed E-state index contributed by atoms with van der Waals surface area (Å²) in [5, 5.41) is 0. The number of morpholine rings is 1. The van der Waals surface area contributed by atoms with Crippen LogP contribution in [-0.2, 0) is 4.74 Å². The highest BCUT2D eigenvalue weighted by Crippen LogP contribution is 2.25. The number of nitrogens with zero attached hydrogens (tertiary/aromatic N) is 3. The predicted octanol–water partition coefficient (Wildman–Crippen LogP) is 3.13. The van der Waals surface area contributed by atoms with Gasteiger partial charge in [-0.2, -0.15) is 0 Å². The summed E-state index contributed by atoms with van der Waals surface area (Å²) < 4.78 is 5.31. The van der Waals surface area contributed by atoms with E-state index < -0.39 is 0 Å². The summed E-state index contributed by atoms with van der Waals surface area (Å²) >= 11 is 0. The Balaban J connectivity index is 1.86. The molecule has 1 amide bonds. The van der Waals surface area contributed by atoms with Crippen LogP contribution in [0.5, 0.6) is 0 Å². The van der Waals surface area contributed by atoms with Gasteiger partial charge in [0.25, 0.3) is 5.91 Å². The summed E-state index contributed by atoms with van der Waals surface area (Å²) in [6.45, 7) is 6.82. The average Bonchev–Trinajstić information content (AvgIpc) is 2.67. The second-order valence-electron chi connectivity index (χ2n) is 6.18. The third-order valence-electron chi connectivity index (χ3n) is 4.56. The highest BCUT2D eigenvalue weighted by atomic mass is 16.5. The van der Waals surface area contributed by atoms with Crippen LogP contribution in [0.25, 0.3) is 11.1 Å². The number of rotatable bonds is 4. The molecular weight excluding hydrogens is 302 g/mol. The molecule has 1 aliphatic heterocycles. The van der Waals surface area contributed by atoms with Crippen LogP contribution in [0.15, 0.2) is 36.9 Å². The number of pyridine rings is 2. The summed E-state index contributed by atoms with van der Waals surface area (Å²) in [6.07, 6.45) is 8.22. The zero-order chi connectivity index (χ0) is 16.9. The first-order valence-electron chi connectivity index (χ1n) is 8.46. The molecule has 0 bridgehead atoms. The molecule has 5 heteroatoms. The van der Waals surface area contributed by atoms with Crippen molar-refractivity contribution in [1.29, 1.82) is 0 Å². The SMILES string of the molecule is CCC(C)c1cncc(-c2cncc(C(=O)N3CCOCC3)c2)c1. The van der Waals surface area contributed by atoms with Crippen LogP contribution in [0.3, 0.4) is 0 Å². The number of amides is 1. The average molecular weight is 325 g/mol. The molecule has 1 unspecified atom stereocenters. The number of hydrogen-bond acceptors (Lipinski definition) is 4. The topological polar surface area (TPSA) is 55.3 Å². The largest absolute Gasteiger partial charge is 0.378 e. The molecule has 2 aromatic rings. The van der Waals surface area contributed by atoms with Gasteiger partial charge in [-0.3, -0.25) is 14.8 Å². The van der Waals surface area contributed by atoms with E-state index in [0.29, 0.717) is 37.8 Å². The molecular formula is C19H23N3O2. The zero-order valence-corrected chi connectivity index (χ0v) is 14.2. The van der Waals surface area contributed by atoms with Gasteiger partial charge in [-0.1, -0.05) is 13.8 Å². The maximum Gasteiger partial charge on any atom is 0.255 e. The van der Waals surface area contributed by atoms with Crippen LogP contribution in [0.4, 0.5) is 0 Å². The third kappa shape index (κ3) is 3.62. The summed E-state index contributed by atoms with van der Waals surface area (Å²) in [5.74, 6) is 0.474. The van der Waals surface area contributed by atoms with Crippen molar-refractivity contribution in [1.82, 2.24) is 14.9 Å². The highest BCUT2D eigenvalue weighted by Gasteiger charge is 2.19. The van der Waals surface area contributed by atoms with Crippen molar-refractivity contribution >= 4 is 5.91 Å². The van der Waals surface area contributed by atoms with E-state index in [9.17, 15) is 4.79 Å². The molecule has 1 saturated heterocycles. The number of ether oxygens (including phenoxy) is 1. The van der Waals surface area contributed by atoms with Crippen molar-refractivity contribution in [2.75, 3.05) is 26.3 Å². The molecule has 2 aromatic heterocycles. The first-order chi connectivity index (χ1) is 11.7. The number of hydrogen-bond donors (Lipinski definition) is 0. The third-order valence-corrected chi connectivity index (χ3v) is 4.56. The van der Waals surface area contributed by atoms with Gasteiger partial charge >= 0.3 is 0 Å². The Morgan fingerprint density at radius 2 is 1.79 bits per heavy atom. The van der Waals surface area contributed by atoms with Crippen LogP contribution in [0.1, 0.15) is 42.1 Å². The van der Waals surface area contributed by atoms with Gasteiger partial charge in [0, 0.05) is 49.0 Å². The van der Waals surface area contributed by atoms with Gasteiger partial charge in [-0.15, -0.1) is 0 Å². The van der Waals surface area contributed by atoms with Gasteiger partial charge in [0.1, 0.15) is 0 Å². The number of carbonyl (C=O) groups is 1. The summed E-state index contributed by atoms with van der Waals surface area (Å²) in [7, 11) is 0. The minimum absolute atomic E-state index is 0.0127. The van der Waals surface area contributed by atoms with Crippen molar-refractivity contribution in [3.05, 3.63) is 48.0 Å². The highest BCUT2D eigenvalue weighted by molar-refractivity contribution is 5.95. The summed E-state index contributed by atoms with van der Waals surface area (Å²) in [6, 6.07) is 4.05.